The van der Waals surface area contributed by atoms with E-state index >= 15 is 0 Å². The van der Waals surface area contributed by atoms with Crippen molar-refractivity contribution in [3.05, 3.63) is 0 Å². The van der Waals surface area contributed by atoms with E-state index in [-0.39, 0.29) is 18.9 Å². The molecule has 3 amide bonds. The zero-order chi connectivity index (χ0) is 24.8. The largest absolute Gasteiger partial charge is 0.480 e. The molecular formula is C18H35N7O7. The number of nitrogens with two attached hydrogens (primary N) is 3. The maximum Gasteiger partial charge on any atom is 0.328 e. The van der Waals surface area contributed by atoms with Gasteiger partial charge in [-0.25, -0.2) is 4.79 Å². The number of carboxylic acids is 1. The van der Waals surface area contributed by atoms with Crippen molar-refractivity contribution < 1.29 is 34.5 Å². The van der Waals surface area contributed by atoms with Gasteiger partial charge in [-0.2, -0.15) is 0 Å². The van der Waals surface area contributed by atoms with Crippen LogP contribution in [0.2, 0.25) is 0 Å². The maximum atomic E-state index is 12.9. The first-order valence-electron chi connectivity index (χ1n) is 10.1. The molecule has 0 aliphatic carbocycles. The lowest BCUT2D eigenvalue weighted by Crippen LogP contribution is -2.59. The molecule has 32 heavy (non-hydrogen) atoms. The molecule has 0 saturated carbocycles. The Morgan fingerprint density at radius 3 is 2.00 bits per heavy atom. The second kappa shape index (κ2) is 14.9. The molecule has 0 radical (unpaired) electrons. The number of carbonyl (C=O) groups is 4. The molecule has 0 aliphatic heterocycles. The van der Waals surface area contributed by atoms with Crippen molar-refractivity contribution in [2.45, 2.75) is 57.3 Å². The molecule has 0 fully saturated rings. The first kappa shape index (κ1) is 29.0. The van der Waals surface area contributed by atoms with Gasteiger partial charge in [-0.3, -0.25) is 19.4 Å². The SMILES string of the molecule is CCC(C)C(NC(=O)C(CCCN=C(N)N)NC(=O)C(N)CO)C(=O)NC(CO)C(=O)O. The summed E-state index contributed by atoms with van der Waals surface area (Å²) < 4.78 is 0. The summed E-state index contributed by atoms with van der Waals surface area (Å²) in [5.74, 6) is -4.26. The summed E-state index contributed by atoms with van der Waals surface area (Å²) in [7, 11) is 0. The monoisotopic (exact) mass is 461 g/mol. The van der Waals surface area contributed by atoms with E-state index in [0.29, 0.717) is 12.8 Å². The van der Waals surface area contributed by atoms with Crippen molar-refractivity contribution >= 4 is 29.7 Å². The number of carboxylic acid groups (broad SMARTS) is 1. The molecule has 0 heterocycles. The van der Waals surface area contributed by atoms with Gasteiger partial charge in [0.05, 0.1) is 13.2 Å². The Morgan fingerprint density at radius 1 is 0.938 bits per heavy atom. The van der Waals surface area contributed by atoms with E-state index in [1.165, 1.54) is 0 Å². The van der Waals surface area contributed by atoms with Gasteiger partial charge in [0.1, 0.15) is 24.2 Å². The number of nitrogens with zero attached hydrogens (tertiary/aromatic N) is 1. The van der Waals surface area contributed by atoms with Crippen LogP contribution >= 0.6 is 0 Å². The molecule has 5 unspecified atom stereocenters. The number of hydrogen-bond acceptors (Lipinski definition) is 8. The Labute approximate surface area is 186 Å². The van der Waals surface area contributed by atoms with E-state index in [1.54, 1.807) is 13.8 Å². The number of aliphatic imine (C=N–C) groups is 1. The van der Waals surface area contributed by atoms with Crippen molar-refractivity contribution in [1.82, 2.24) is 16.0 Å². The van der Waals surface area contributed by atoms with Gasteiger partial charge in [-0.05, 0) is 18.8 Å². The van der Waals surface area contributed by atoms with Crippen molar-refractivity contribution in [2.24, 2.45) is 28.1 Å². The predicted octanol–water partition coefficient (Wildman–Crippen LogP) is -4.06. The number of nitrogens with one attached hydrogen (secondary N) is 3. The number of carbonyl (C=O) groups excluding carboxylic acids is 3. The van der Waals surface area contributed by atoms with Crippen LogP contribution in [0.25, 0.3) is 0 Å². The van der Waals surface area contributed by atoms with Crippen molar-refractivity contribution in [2.75, 3.05) is 19.8 Å². The van der Waals surface area contributed by atoms with Crippen molar-refractivity contribution in [3.63, 3.8) is 0 Å². The van der Waals surface area contributed by atoms with E-state index in [4.69, 9.17) is 32.5 Å². The summed E-state index contributed by atoms with van der Waals surface area (Å²) in [6, 6.07) is -5.05. The van der Waals surface area contributed by atoms with Crippen molar-refractivity contribution in [1.29, 1.82) is 0 Å². The van der Waals surface area contributed by atoms with Crippen LogP contribution < -0.4 is 33.2 Å². The van der Waals surface area contributed by atoms with Gasteiger partial charge in [0.15, 0.2) is 5.96 Å². The van der Waals surface area contributed by atoms with Crippen molar-refractivity contribution in [3.8, 4) is 0 Å². The average Bonchev–Trinajstić information content (AvgIpc) is 2.75. The Balaban J connectivity index is 5.49. The summed E-state index contributed by atoms with van der Waals surface area (Å²) in [4.78, 5) is 52.5. The highest BCUT2D eigenvalue weighted by atomic mass is 16.4. The molecule has 14 nitrogen and oxygen atoms in total. The lowest BCUT2D eigenvalue weighted by atomic mass is 9.97. The van der Waals surface area contributed by atoms with Crippen LogP contribution in [0.15, 0.2) is 4.99 Å². The molecule has 184 valence electrons. The number of hydrogen-bond donors (Lipinski definition) is 9. The molecule has 0 saturated heterocycles. The Hall–Kier alpha value is -2.97. The number of aliphatic carboxylic acids is 1. The third kappa shape index (κ3) is 10.4. The maximum absolute atomic E-state index is 12.9. The summed E-state index contributed by atoms with van der Waals surface area (Å²) in [5, 5.41) is 34.3. The molecule has 0 aromatic heterocycles. The minimum Gasteiger partial charge on any atom is -0.480 e. The second-order valence-corrected chi connectivity index (χ2v) is 7.25. The van der Waals surface area contributed by atoms with E-state index in [2.05, 4.69) is 20.9 Å². The first-order valence-corrected chi connectivity index (χ1v) is 10.1. The summed E-state index contributed by atoms with van der Waals surface area (Å²) in [6.07, 6.45) is 0.859. The highest BCUT2D eigenvalue weighted by molar-refractivity contribution is 5.94. The van der Waals surface area contributed by atoms with Crippen LogP contribution in [0.1, 0.15) is 33.1 Å². The molecule has 0 aromatic carbocycles. The summed E-state index contributed by atoms with van der Waals surface area (Å²) in [6.45, 7) is 2.16. The van der Waals surface area contributed by atoms with Crippen LogP contribution in [-0.2, 0) is 19.2 Å². The zero-order valence-electron chi connectivity index (χ0n) is 18.3. The normalized spacial score (nSPS) is 15.4. The van der Waals surface area contributed by atoms with E-state index in [1.807, 2.05) is 0 Å². The molecule has 0 aliphatic rings. The standard InChI is InChI=1S/C18H35N7O7/c1-3-9(2)13(16(30)24-12(8-27)17(31)32)25-15(29)11(5-4-6-22-18(20)21)23-14(28)10(19)7-26/h9-13,26-27H,3-8,19H2,1-2H3,(H,23,28)(H,24,30)(H,25,29)(H,31,32)(H4,20,21,22). The van der Waals surface area contributed by atoms with Crippen LogP contribution in [-0.4, -0.2) is 88.9 Å². The molecule has 0 bridgehead atoms. The summed E-state index contributed by atoms with van der Waals surface area (Å²) >= 11 is 0. The van der Waals surface area contributed by atoms with Gasteiger partial charge in [-0.1, -0.05) is 20.3 Å². The molecule has 14 heteroatoms. The lowest BCUT2D eigenvalue weighted by molar-refractivity contribution is -0.143. The molecule has 5 atom stereocenters. The first-order chi connectivity index (χ1) is 15.0. The van der Waals surface area contributed by atoms with Crippen LogP contribution in [0, 0.1) is 5.92 Å². The zero-order valence-corrected chi connectivity index (χ0v) is 18.3. The molecule has 0 spiro atoms. The van der Waals surface area contributed by atoms with Crippen LogP contribution in [0.5, 0.6) is 0 Å². The predicted molar refractivity (Wildman–Crippen MR) is 115 cm³/mol. The number of amides is 3. The number of rotatable bonds is 15. The minimum absolute atomic E-state index is 0.0930. The average molecular weight is 462 g/mol. The van der Waals surface area contributed by atoms with Crippen LogP contribution in [0.3, 0.4) is 0 Å². The van der Waals surface area contributed by atoms with Gasteiger partial charge in [0.25, 0.3) is 0 Å². The van der Waals surface area contributed by atoms with Gasteiger partial charge in [0, 0.05) is 6.54 Å². The molecule has 0 rings (SSSR count). The van der Waals surface area contributed by atoms with Gasteiger partial charge in [0.2, 0.25) is 17.7 Å². The number of guanidine groups is 1. The Bertz CT molecular complexity index is 670. The second-order valence-electron chi connectivity index (χ2n) is 7.25. The number of aliphatic hydroxyl groups is 2. The fraction of sp³-hybridized carbons (Fsp3) is 0.722. The molecule has 12 N–H and O–H groups in total. The minimum atomic E-state index is -1.54. The third-order valence-corrected chi connectivity index (χ3v) is 4.70. The van der Waals surface area contributed by atoms with E-state index in [0.717, 1.165) is 0 Å². The van der Waals surface area contributed by atoms with Gasteiger partial charge in [-0.15, -0.1) is 0 Å². The quantitative estimate of drug-likeness (QED) is 0.0647. The highest BCUT2D eigenvalue weighted by Crippen LogP contribution is 2.10. The van der Waals surface area contributed by atoms with Gasteiger partial charge >= 0.3 is 5.97 Å². The fourth-order valence-corrected chi connectivity index (χ4v) is 2.54. The van der Waals surface area contributed by atoms with E-state index < -0.39 is 67.0 Å². The van der Waals surface area contributed by atoms with E-state index in [9.17, 15) is 19.2 Å². The number of aliphatic hydroxyl groups excluding tert-OH is 2. The smallest absolute Gasteiger partial charge is 0.328 e. The Morgan fingerprint density at radius 2 is 1.53 bits per heavy atom. The highest BCUT2D eigenvalue weighted by Gasteiger charge is 2.32. The van der Waals surface area contributed by atoms with Gasteiger partial charge < -0.3 is 48.5 Å². The topological polar surface area (TPSA) is 255 Å². The lowest BCUT2D eigenvalue weighted by Gasteiger charge is -2.27. The fourth-order valence-electron chi connectivity index (χ4n) is 2.54. The van der Waals surface area contributed by atoms with Crippen LogP contribution in [0.4, 0.5) is 0 Å². The molecule has 0 aromatic rings. The summed E-state index contributed by atoms with van der Waals surface area (Å²) in [5.41, 5.74) is 16.0. The third-order valence-electron chi connectivity index (χ3n) is 4.70. The molecular weight excluding hydrogens is 426 g/mol. The Kier molecular flexibility index (Phi) is 13.5.